The first-order chi connectivity index (χ1) is 7.65. The number of rotatable bonds is 6. The molecule has 0 bridgehead atoms. The average Bonchev–Trinajstić information content (AvgIpc) is 2.16. The average molecular weight is 230 g/mol. The van der Waals surface area contributed by atoms with E-state index in [-0.39, 0.29) is 6.29 Å². The standard InChI is InChI=1S/C12H26N2O2/c1-5-15-12(16-6-2)9-14-7-10(3)13-11(4)8-14/h10-13H,5-9H2,1-4H3. The molecule has 0 aromatic carbocycles. The molecule has 4 nitrogen and oxygen atoms in total. The van der Waals surface area contributed by atoms with Crippen LogP contribution >= 0.6 is 0 Å². The number of nitrogens with zero attached hydrogens (tertiary/aromatic N) is 1. The Morgan fingerprint density at radius 1 is 1.12 bits per heavy atom. The van der Waals surface area contributed by atoms with E-state index in [1.165, 1.54) is 0 Å². The summed E-state index contributed by atoms with van der Waals surface area (Å²) in [6, 6.07) is 1.10. The monoisotopic (exact) mass is 230 g/mol. The predicted molar refractivity (Wildman–Crippen MR) is 65.5 cm³/mol. The van der Waals surface area contributed by atoms with Crippen LogP contribution in [0.25, 0.3) is 0 Å². The second-order valence-corrected chi connectivity index (χ2v) is 4.53. The van der Waals surface area contributed by atoms with Crippen LogP contribution in [0.3, 0.4) is 0 Å². The lowest BCUT2D eigenvalue weighted by molar-refractivity contribution is -0.149. The molecule has 0 aliphatic carbocycles. The summed E-state index contributed by atoms with van der Waals surface area (Å²) >= 11 is 0. The molecule has 96 valence electrons. The third-order valence-corrected chi connectivity index (χ3v) is 2.75. The van der Waals surface area contributed by atoms with Gasteiger partial charge in [-0.1, -0.05) is 0 Å². The molecule has 1 rings (SSSR count). The highest BCUT2D eigenvalue weighted by atomic mass is 16.7. The van der Waals surface area contributed by atoms with E-state index in [1.54, 1.807) is 0 Å². The maximum atomic E-state index is 5.57. The summed E-state index contributed by atoms with van der Waals surface area (Å²) in [6.45, 7) is 12.9. The van der Waals surface area contributed by atoms with Gasteiger partial charge in [0, 0.05) is 44.9 Å². The fraction of sp³-hybridized carbons (Fsp3) is 1.00. The molecule has 0 aromatic rings. The van der Waals surface area contributed by atoms with Gasteiger partial charge in [0.1, 0.15) is 0 Å². The zero-order valence-corrected chi connectivity index (χ0v) is 11.0. The smallest absolute Gasteiger partial charge is 0.170 e. The minimum atomic E-state index is -0.0764. The first kappa shape index (κ1) is 13.9. The Bertz CT molecular complexity index is 174. The fourth-order valence-electron chi connectivity index (χ4n) is 2.33. The number of piperazine rings is 1. The van der Waals surface area contributed by atoms with Crippen LogP contribution in [0.1, 0.15) is 27.7 Å². The molecule has 16 heavy (non-hydrogen) atoms. The fourth-order valence-corrected chi connectivity index (χ4v) is 2.33. The summed E-state index contributed by atoms with van der Waals surface area (Å²) < 4.78 is 11.1. The molecule has 1 heterocycles. The molecule has 1 fully saturated rings. The summed E-state index contributed by atoms with van der Waals surface area (Å²) in [7, 11) is 0. The Labute approximate surface area is 99.3 Å². The van der Waals surface area contributed by atoms with Gasteiger partial charge in [-0.25, -0.2) is 0 Å². The van der Waals surface area contributed by atoms with E-state index in [9.17, 15) is 0 Å². The summed E-state index contributed by atoms with van der Waals surface area (Å²) in [5.41, 5.74) is 0. The first-order valence-electron chi connectivity index (χ1n) is 6.37. The van der Waals surface area contributed by atoms with Crippen LogP contribution in [0.2, 0.25) is 0 Å². The zero-order valence-electron chi connectivity index (χ0n) is 11.0. The largest absolute Gasteiger partial charge is 0.352 e. The van der Waals surface area contributed by atoms with Crippen LogP contribution < -0.4 is 5.32 Å². The van der Waals surface area contributed by atoms with Crippen molar-refractivity contribution in [1.29, 1.82) is 0 Å². The van der Waals surface area contributed by atoms with Crippen molar-refractivity contribution >= 4 is 0 Å². The number of nitrogens with one attached hydrogen (secondary N) is 1. The van der Waals surface area contributed by atoms with Crippen molar-refractivity contribution in [2.24, 2.45) is 0 Å². The second kappa shape index (κ2) is 7.22. The van der Waals surface area contributed by atoms with Crippen LogP contribution in [0.5, 0.6) is 0 Å². The van der Waals surface area contributed by atoms with Crippen LogP contribution in [0.4, 0.5) is 0 Å². The molecule has 2 atom stereocenters. The quantitative estimate of drug-likeness (QED) is 0.692. The van der Waals surface area contributed by atoms with Crippen molar-refractivity contribution in [2.75, 3.05) is 32.8 Å². The van der Waals surface area contributed by atoms with Gasteiger partial charge >= 0.3 is 0 Å². The van der Waals surface area contributed by atoms with Gasteiger partial charge in [0.25, 0.3) is 0 Å². The van der Waals surface area contributed by atoms with Crippen molar-refractivity contribution in [1.82, 2.24) is 10.2 Å². The molecule has 1 aliphatic heterocycles. The zero-order chi connectivity index (χ0) is 12.0. The maximum Gasteiger partial charge on any atom is 0.170 e. The third-order valence-electron chi connectivity index (χ3n) is 2.75. The van der Waals surface area contributed by atoms with Gasteiger partial charge in [-0.3, -0.25) is 4.90 Å². The van der Waals surface area contributed by atoms with E-state index < -0.39 is 0 Å². The summed E-state index contributed by atoms with van der Waals surface area (Å²) in [5, 5.41) is 3.52. The van der Waals surface area contributed by atoms with E-state index in [0.717, 1.165) is 19.6 Å². The highest BCUT2D eigenvalue weighted by Crippen LogP contribution is 2.07. The van der Waals surface area contributed by atoms with Crippen molar-refractivity contribution in [2.45, 2.75) is 46.1 Å². The Morgan fingerprint density at radius 2 is 1.62 bits per heavy atom. The van der Waals surface area contributed by atoms with E-state index in [0.29, 0.717) is 25.3 Å². The molecule has 1 saturated heterocycles. The van der Waals surface area contributed by atoms with E-state index in [2.05, 4.69) is 24.1 Å². The van der Waals surface area contributed by atoms with Crippen LogP contribution in [0.15, 0.2) is 0 Å². The highest BCUT2D eigenvalue weighted by molar-refractivity contribution is 4.81. The number of hydrogen-bond donors (Lipinski definition) is 1. The molecule has 0 aromatic heterocycles. The lowest BCUT2D eigenvalue weighted by Gasteiger charge is -2.37. The molecule has 0 amide bonds. The molecule has 0 saturated carbocycles. The van der Waals surface area contributed by atoms with Gasteiger partial charge in [0.2, 0.25) is 0 Å². The first-order valence-corrected chi connectivity index (χ1v) is 6.37. The summed E-state index contributed by atoms with van der Waals surface area (Å²) in [6.07, 6.45) is -0.0764. The molecule has 2 unspecified atom stereocenters. The summed E-state index contributed by atoms with van der Waals surface area (Å²) in [5.74, 6) is 0. The molecule has 4 heteroatoms. The van der Waals surface area contributed by atoms with Gasteiger partial charge in [-0.05, 0) is 27.7 Å². The topological polar surface area (TPSA) is 33.7 Å². The van der Waals surface area contributed by atoms with E-state index in [4.69, 9.17) is 9.47 Å². The number of hydrogen-bond acceptors (Lipinski definition) is 4. The van der Waals surface area contributed by atoms with Crippen LogP contribution in [0, 0.1) is 0 Å². The third kappa shape index (κ3) is 4.78. The van der Waals surface area contributed by atoms with Crippen molar-refractivity contribution in [3.63, 3.8) is 0 Å². The van der Waals surface area contributed by atoms with Crippen molar-refractivity contribution < 1.29 is 9.47 Å². The molecular formula is C12H26N2O2. The maximum absolute atomic E-state index is 5.57. The van der Waals surface area contributed by atoms with Gasteiger partial charge in [0.05, 0.1) is 0 Å². The Hall–Kier alpha value is -0.160. The van der Waals surface area contributed by atoms with Crippen molar-refractivity contribution in [3.8, 4) is 0 Å². The minimum Gasteiger partial charge on any atom is -0.352 e. The summed E-state index contributed by atoms with van der Waals surface area (Å²) in [4.78, 5) is 2.42. The lowest BCUT2D eigenvalue weighted by Crippen LogP contribution is -2.55. The second-order valence-electron chi connectivity index (χ2n) is 4.53. The lowest BCUT2D eigenvalue weighted by atomic mass is 10.1. The Morgan fingerprint density at radius 3 is 2.06 bits per heavy atom. The molecule has 1 aliphatic rings. The highest BCUT2D eigenvalue weighted by Gasteiger charge is 2.23. The normalized spacial score (nSPS) is 27.6. The number of ether oxygens (including phenoxy) is 2. The molecule has 0 radical (unpaired) electrons. The molecule has 0 spiro atoms. The Balaban J connectivity index is 2.37. The van der Waals surface area contributed by atoms with E-state index in [1.807, 2.05) is 13.8 Å². The van der Waals surface area contributed by atoms with Gasteiger partial charge in [-0.15, -0.1) is 0 Å². The van der Waals surface area contributed by atoms with Gasteiger partial charge in [-0.2, -0.15) is 0 Å². The predicted octanol–water partition coefficient (Wildman–Crippen LogP) is 1.07. The van der Waals surface area contributed by atoms with Gasteiger partial charge in [0.15, 0.2) is 6.29 Å². The molecular weight excluding hydrogens is 204 g/mol. The Kier molecular flexibility index (Phi) is 6.28. The van der Waals surface area contributed by atoms with Crippen LogP contribution in [-0.4, -0.2) is 56.1 Å². The van der Waals surface area contributed by atoms with Crippen LogP contribution in [-0.2, 0) is 9.47 Å². The van der Waals surface area contributed by atoms with Crippen molar-refractivity contribution in [3.05, 3.63) is 0 Å². The molecule has 1 N–H and O–H groups in total. The SMILES string of the molecule is CCOC(CN1CC(C)NC(C)C1)OCC. The minimum absolute atomic E-state index is 0.0764. The van der Waals surface area contributed by atoms with Gasteiger partial charge < -0.3 is 14.8 Å². The van der Waals surface area contributed by atoms with E-state index >= 15 is 0 Å².